The maximum atomic E-state index is 12.1. The number of hydrogen-bond acceptors (Lipinski definition) is 4. The Kier molecular flexibility index (Phi) is 5.31. The monoisotopic (exact) mass is 344 g/mol. The Morgan fingerprint density at radius 1 is 1.25 bits per heavy atom. The fourth-order valence-electron chi connectivity index (χ4n) is 3.09. The van der Waals surface area contributed by atoms with E-state index in [1.165, 1.54) is 12.0 Å². The van der Waals surface area contributed by atoms with E-state index in [1.807, 2.05) is 5.38 Å². The Bertz CT molecular complexity index is 688. The molecule has 0 unspecified atom stereocenters. The molecular weight excluding hydrogens is 320 g/mol. The zero-order chi connectivity index (χ0) is 17.0. The number of benzene rings is 1. The van der Waals surface area contributed by atoms with Crippen molar-refractivity contribution < 1.29 is 9.90 Å². The van der Waals surface area contributed by atoms with E-state index in [1.54, 1.807) is 11.3 Å². The number of aliphatic hydroxyl groups is 1. The molecule has 128 valence electrons. The van der Waals surface area contributed by atoms with Crippen LogP contribution >= 0.6 is 11.3 Å². The van der Waals surface area contributed by atoms with Crippen LogP contribution in [0.2, 0.25) is 0 Å². The largest absolute Gasteiger partial charge is 0.388 e. The summed E-state index contributed by atoms with van der Waals surface area (Å²) in [6, 6.07) is 8.23. The molecule has 0 radical (unpaired) electrons. The Balaban J connectivity index is 1.54. The van der Waals surface area contributed by atoms with Crippen molar-refractivity contribution in [3.05, 3.63) is 40.9 Å². The molecule has 0 atom stereocenters. The minimum absolute atomic E-state index is 0.0743. The zero-order valence-corrected chi connectivity index (χ0v) is 14.9. The minimum atomic E-state index is -0.719. The molecule has 1 aromatic heterocycles. The van der Waals surface area contributed by atoms with Gasteiger partial charge < -0.3 is 10.4 Å². The summed E-state index contributed by atoms with van der Waals surface area (Å²) in [6.45, 7) is 2.41. The molecule has 0 spiro atoms. The quantitative estimate of drug-likeness (QED) is 0.873. The highest BCUT2D eigenvalue weighted by atomic mass is 32.1. The Morgan fingerprint density at radius 2 is 1.96 bits per heavy atom. The summed E-state index contributed by atoms with van der Waals surface area (Å²) < 4.78 is 0. The lowest BCUT2D eigenvalue weighted by Gasteiger charge is -2.32. The van der Waals surface area contributed by atoms with Crippen LogP contribution in [0.4, 0.5) is 0 Å². The van der Waals surface area contributed by atoms with Crippen LogP contribution < -0.4 is 5.32 Å². The standard InChI is InChI=1S/C19H24N2O2S/c1-14-5-7-15(8-6-14)18-21-16(12-24-18)11-17(22)20-13-19(23)9-3-2-4-10-19/h5-8,12,23H,2-4,9-11,13H2,1H3,(H,20,22). The van der Waals surface area contributed by atoms with Gasteiger partial charge in [-0.25, -0.2) is 4.98 Å². The van der Waals surface area contributed by atoms with Crippen LogP contribution in [0.5, 0.6) is 0 Å². The third kappa shape index (κ3) is 4.42. The molecular formula is C19H24N2O2S. The first-order valence-corrected chi connectivity index (χ1v) is 9.43. The maximum Gasteiger partial charge on any atom is 0.226 e. The third-order valence-electron chi connectivity index (χ3n) is 4.59. The van der Waals surface area contributed by atoms with E-state index < -0.39 is 5.60 Å². The van der Waals surface area contributed by atoms with Crippen LogP contribution in [0.15, 0.2) is 29.6 Å². The zero-order valence-electron chi connectivity index (χ0n) is 14.0. The van der Waals surface area contributed by atoms with Crippen molar-refractivity contribution >= 4 is 17.2 Å². The molecule has 2 aromatic rings. The summed E-state index contributed by atoms with van der Waals surface area (Å²) >= 11 is 1.56. The van der Waals surface area contributed by atoms with Gasteiger partial charge in [-0.2, -0.15) is 0 Å². The predicted molar refractivity (Wildman–Crippen MR) is 97.0 cm³/mol. The number of rotatable bonds is 5. The first kappa shape index (κ1) is 17.1. The number of thiazole rings is 1. The highest BCUT2D eigenvalue weighted by Crippen LogP contribution is 2.27. The molecule has 2 N–H and O–H groups in total. The van der Waals surface area contributed by atoms with E-state index in [0.717, 1.165) is 41.9 Å². The molecule has 1 aliphatic rings. The predicted octanol–water partition coefficient (Wildman–Crippen LogP) is 3.47. The second-order valence-electron chi connectivity index (χ2n) is 6.75. The van der Waals surface area contributed by atoms with Gasteiger partial charge in [0.05, 0.1) is 17.7 Å². The SMILES string of the molecule is Cc1ccc(-c2nc(CC(=O)NCC3(O)CCCCC3)cs2)cc1. The number of nitrogens with one attached hydrogen (secondary N) is 1. The molecule has 1 heterocycles. The molecule has 3 rings (SSSR count). The van der Waals surface area contributed by atoms with Crippen molar-refractivity contribution in [3.8, 4) is 10.6 Å². The van der Waals surface area contributed by atoms with Gasteiger partial charge in [-0.3, -0.25) is 4.79 Å². The lowest BCUT2D eigenvalue weighted by molar-refractivity contribution is -0.122. The summed E-state index contributed by atoms with van der Waals surface area (Å²) in [5.41, 5.74) is 2.36. The first-order chi connectivity index (χ1) is 11.5. The van der Waals surface area contributed by atoms with Gasteiger partial charge in [-0.05, 0) is 19.8 Å². The minimum Gasteiger partial charge on any atom is -0.388 e. The summed E-state index contributed by atoms with van der Waals surface area (Å²) in [5.74, 6) is -0.0743. The van der Waals surface area contributed by atoms with Crippen LogP contribution in [0.25, 0.3) is 10.6 Å². The van der Waals surface area contributed by atoms with Gasteiger partial charge in [0.25, 0.3) is 0 Å². The summed E-state index contributed by atoms with van der Waals surface area (Å²) in [6.07, 6.45) is 5.08. The van der Waals surface area contributed by atoms with Crippen molar-refractivity contribution in [1.29, 1.82) is 0 Å². The van der Waals surface area contributed by atoms with E-state index in [2.05, 4.69) is 41.5 Å². The van der Waals surface area contributed by atoms with Crippen molar-refractivity contribution in [2.45, 2.75) is 51.0 Å². The lowest BCUT2D eigenvalue weighted by Crippen LogP contribution is -2.44. The summed E-state index contributed by atoms with van der Waals surface area (Å²) in [5, 5.41) is 16.2. The molecule has 0 saturated heterocycles. The van der Waals surface area contributed by atoms with Gasteiger partial charge >= 0.3 is 0 Å². The second kappa shape index (κ2) is 7.45. The topological polar surface area (TPSA) is 62.2 Å². The van der Waals surface area contributed by atoms with Crippen LogP contribution in [-0.4, -0.2) is 28.1 Å². The number of aromatic nitrogens is 1. The Morgan fingerprint density at radius 3 is 2.67 bits per heavy atom. The van der Waals surface area contributed by atoms with Crippen LogP contribution in [0.3, 0.4) is 0 Å². The number of amides is 1. The summed E-state index contributed by atoms with van der Waals surface area (Å²) in [7, 11) is 0. The molecule has 1 amide bonds. The van der Waals surface area contributed by atoms with Gasteiger partial charge in [0.1, 0.15) is 5.01 Å². The smallest absolute Gasteiger partial charge is 0.226 e. The molecule has 1 aliphatic carbocycles. The average Bonchev–Trinajstić information content (AvgIpc) is 3.03. The molecule has 1 saturated carbocycles. The fourth-order valence-corrected chi connectivity index (χ4v) is 3.92. The number of nitrogens with zero attached hydrogens (tertiary/aromatic N) is 1. The highest BCUT2D eigenvalue weighted by molar-refractivity contribution is 7.13. The van der Waals surface area contributed by atoms with E-state index in [0.29, 0.717) is 6.54 Å². The van der Waals surface area contributed by atoms with Gasteiger partial charge in [0.15, 0.2) is 0 Å². The highest BCUT2D eigenvalue weighted by Gasteiger charge is 2.29. The number of carbonyl (C=O) groups excluding carboxylic acids is 1. The second-order valence-corrected chi connectivity index (χ2v) is 7.61. The molecule has 24 heavy (non-hydrogen) atoms. The van der Waals surface area contributed by atoms with E-state index in [4.69, 9.17) is 0 Å². The molecule has 0 bridgehead atoms. The first-order valence-electron chi connectivity index (χ1n) is 8.55. The molecule has 5 heteroatoms. The normalized spacial score (nSPS) is 16.8. The number of carbonyl (C=O) groups is 1. The molecule has 1 aromatic carbocycles. The van der Waals surface area contributed by atoms with E-state index in [-0.39, 0.29) is 12.3 Å². The Labute approximate surface area is 146 Å². The van der Waals surface area contributed by atoms with Gasteiger partial charge in [0, 0.05) is 17.5 Å². The van der Waals surface area contributed by atoms with Gasteiger partial charge in [0.2, 0.25) is 5.91 Å². The fraction of sp³-hybridized carbons (Fsp3) is 0.474. The lowest BCUT2D eigenvalue weighted by atomic mass is 9.85. The number of aryl methyl sites for hydroxylation is 1. The average molecular weight is 344 g/mol. The van der Waals surface area contributed by atoms with E-state index >= 15 is 0 Å². The van der Waals surface area contributed by atoms with E-state index in [9.17, 15) is 9.90 Å². The van der Waals surface area contributed by atoms with Crippen LogP contribution in [0, 0.1) is 6.92 Å². The van der Waals surface area contributed by atoms with Gasteiger partial charge in [-0.15, -0.1) is 11.3 Å². The van der Waals surface area contributed by atoms with Crippen LogP contribution in [-0.2, 0) is 11.2 Å². The molecule has 0 aliphatic heterocycles. The molecule has 1 fully saturated rings. The van der Waals surface area contributed by atoms with Crippen molar-refractivity contribution in [2.24, 2.45) is 0 Å². The van der Waals surface area contributed by atoms with Crippen molar-refractivity contribution in [1.82, 2.24) is 10.3 Å². The maximum absolute atomic E-state index is 12.1. The van der Waals surface area contributed by atoms with Crippen LogP contribution in [0.1, 0.15) is 43.4 Å². The summed E-state index contributed by atoms with van der Waals surface area (Å²) in [4.78, 5) is 16.7. The van der Waals surface area contributed by atoms with Crippen molar-refractivity contribution in [3.63, 3.8) is 0 Å². The van der Waals surface area contributed by atoms with Crippen molar-refractivity contribution in [2.75, 3.05) is 6.54 Å². The number of hydrogen-bond donors (Lipinski definition) is 2. The third-order valence-corrected chi connectivity index (χ3v) is 5.53. The Hall–Kier alpha value is -1.72. The molecule has 4 nitrogen and oxygen atoms in total. The van der Waals surface area contributed by atoms with Gasteiger partial charge in [-0.1, -0.05) is 49.1 Å².